The number of amides is 1. The van der Waals surface area contributed by atoms with E-state index in [4.69, 9.17) is 4.42 Å². The van der Waals surface area contributed by atoms with Crippen molar-refractivity contribution in [2.75, 3.05) is 36.0 Å². The topological polar surface area (TPSA) is 61.6 Å². The van der Waals surface area contributed by atoms with E-state index < -0.39 is 0 Å². The minimum absolute atomic E-state index is 0.184. The van der Waals surface area contributed by atoms with Crippen LogP contribution in [0, 0.1) is 5.82 Å². The maximum atomic E-state index is 13.1. The fourth-order valence-electron chi connectivity index (χ4n) is 3.24. The number of hydrogen-bond acceptors (Lipinski definition) is 5. The number of nitrogens with zero attached hydrogens (tertiary/aromatic N) is 3. The quantitative estimate of drug-likeness (QED) is 0.737. The molecule has 1 amide bonds. The molecule has 0 spiro atoms. The summed E-state index contributed by atoms with van der Waals surface area (Å²) in [6.45, 7) is 3.64. The van der Waals surface area contributed by atoms with E-state index in [0.29, 0.717) is 17.9 Å². The molecule has 1 aromatic carbocycles. The van der Waals surface area contributed by atoms with Crippen LogP contribution in [0.2, 0.25) is 0 Å². The molecule has 3 aromatic rings. The first kappa shape index (κ1) is 18.0. The van der Waals surface area contributed by atoms with Crippen LogP contribution in [0.4, 0.5) is 15.9 Å². The Hall–Kier alpha value is -3.35. The second kappa shape index (κ2) is 8.12. The van der Waals surface area contributed by atoms with Crippen molar-refractivity contribution in [2.24, 2.45) is 0 Å². The monoisotopic (exact) mass is 380 g/mol. The van der Waals surface area contributed by atoms with Gasteiger partial charge in [-0.2, -0.15) is 0 Å². The Morgan fingerprint density at radius 1 is 1.04 bits per heavy atom. The van der Waals surface area contributed by atoms with Gasteiger partial charge in [-0.15, -0.1) is 0 Å². The fraction of sp³-hybridized carbons (Fsp3) is 0.238. The number of aromatic nitrogens is 1. The molecule has 0 saturated carbocycles. The largest absolute Gasteiger partial charge is 0.467 e. The Kier molecular flexibility index (Phi) is 5.23. The molecule has 6 nitrogen and oxygen atoms in total. The van der Waals surface area contributed by atoms with Gasteiger partial charge < -0.3 is 19.5 Å². The molecule has 7 heteroatoms. The molecule has 1 aliphatic heterocycles. The highest BCUT2D eigenvalue weighted by atomic mass is 19.1. The Morgan fingerprint density at radius 2 is 1.79 bits per heavy atom. The maximum absolute atomic E-state index is 13.1. The van der Waals surface area contributed by atoms with Crippen molar-refractivity contribution in [3.63, 3.8) is 0 Å². The highest BCUT2D eigenvalue weighted by molar-refractivity contribution is 5.93. The van der Waals surface area contributed by atoms with Crippen molar-refractivity contribution in [1.82, 2.24) is 10.3 Å². The van der Waals surface area contributed by atoms with Crippen LogP contribution < -0.4 is 15.1 Å². The molecular weight excluding hydrogens is 359 g/mol. The third-order valence-electron chi connectivity index (χ3n) is 4.81. The molecule has 4 rings (SSSR count). The SMILES string of the molecule is O=C(NCc1ccco1)c1ccc(N2CCN(c3ccc(F)cc3)CC2)nc1. The number of hydrogen-bond donors (Lipinski definition) is 1. The van der Waals surface area contributed by atoms with E-state index in [-0.39, 0.29) is 11.7 Å². The first-order valence-electron chi connectivity index (χ1n) is 9.21. The minimum Gasteiger partial charge on any atom is -0.467 e. The molecule has 1 N–H and O–H groups in total. The number of carbonyl (C=O) groups is 1. The van der Waals surface area contributed by atoms with Gasteiger partial charge in [0.05, 0.1) is 18.4 Å². The highest BCUT2D eigenvalue weighted by Gasteiger charge is 2.18. The second-order valence-corrected chi connectivity index (χ2v) is 6.62. The molecule has 1 aliphatic rings. The lowest BCUT2D eigenvalue weighted by Crippen LogP contribution is -2.46. The molecule has 0 radical (unpaired) electrons. The van der Waals surface area contributed by atoms with Crippen LogP contribution in [0.15, 0.2) is 65.4 Å². The first-order valence-corrected chi connectivity index (χ1v) is 9.21. The fourth-order valence-corrected chi connectivity index (χ4v) is 3.24. The summed E-state index contributed by atoms with van der Waals surface area (Å²) in [4.78, 5) is 21.1. The Labute approximate surface area is 162 Å². The Morgan fingerprint density at radius 3 is 2.43 bits per heavy atom. The number of anilines is 2. The van der Waals surface area contributed by atoms with Crippen molar-refractivity contribution in [2.45, 2.75) is 6.54 Å². The van der Waals surface area contributed by atoms with Gasteiger partial charge in [-0.05, 0) is 48.5 Å². The standard InChI is InChI=1S/C21H21FN4O2/c22-17-4-6-18(7-5-17)25-9-11-26(12-10-25)20-8-3-16(14-23-20)21(27)24-15-19-2-1-13-28-19/h1-8,13-14H,9-12,15H2,(H,24,27). The van der Waals surface area contributed by atoms with Crippen LogP contribution in [0.5, 0.6) is 0 Å². The van der Waals surface area contributed by atoms with E-state index in [1.165, 1.54) is 12.1 Å². The number of halogens is 1. The number of rotatable bonds is 5. The van der Waals surface area contributed by atoms with Crippen LogP contribution in [0.3, 0.4) is 0 Å². The van der Waals surface area contributed by atoms with E-state index in [2.05, 4.69) is 20.1 Å². The summed E-state index contributed by atoms with van der Waals surface area (Å²) in [7, 11) is 0. The molecule has 1 saturated heterocycles. The summed E-state index contributed by atoms with van der Waals surface area (Å²) in [5.41, 5.74) is 1.54. The summed E-state index contributed by atoms with van der Waals surface area (Å²) >= 11 is 0. The van der Waals surface area contributed by atoms with Gasteiger partial charge in [-0.25, -0.2) is 9.37 Å². The van der Waals surface area contributed by atoms with Gasteiger partial charge in [-0.1, -0.05) is 0 Å². The minimum atomic E-state index is -0.222. The molecule has 1 fully saturated rings. The van der Waals surface area contributed by atoms with E-state index in [1.807, 2.05) is 12.1 Å². The number of pyridine rings is 1. The maximum Gasteiger partial charge on any atom is 0.253 e. The number of piperazine rings is 1. The van der Waals surface area contributed by atoms with Gasteiger partial charge in [0.15, 0.2) is 0 Å². The van der Waals surface area contributed by atoms with Crippen LogP contribution in [0.25, 0.3) is 0 Å². The third-order valence-corrected chi connectivity index (χ3v) is 4.81. The summed E-state index contributed by atoms with van der Waals surface area (Å²) in [5, 5.41) is 2.81. The van der Waals surface area contributed by atoms with Crippen LogP contribution >= 0.6 is 0 Å². The molecule has 28 heavy (non-hydrogen) atoms. The average molecular weight is 380 g/mol. The van der Waals surface area contributed by atoms with E-state index >= 15 is 0 Å². The summed E-state index contributed by atoms with van der Waals surface area (Å²) in [6.07, 6.45) is 3.17. The summed E-state index contributed by atoms with van der Waals surface area (Å²) < 4.78 is 18.3. The molecule has 0 atom stereocenters. The zero-order valence-electron chi connectivity index (χ0n) is 15.3. The van der Waals surface area contributed by atoms with E-state index in [0.717, 1.165) is 37.7 Å². The van der Waals surface area contributed by atoms with Gasteiger partial charge in [0, 0.05) is 38.1 Å². The molecule has 3 heterocycles. The summed E-state index contributed by atoms with van der Waals surface area (Å²) in [6, 6.07) is 13.8. The second-order valence-electron chi connectivity index (χ2n) is 6.62. The highest BCUT2D eigenvalue weighted by Crippen LogP contribution is 2.20. The molecule has 144 valence electrons. The lowest BCUT2D eigenvalue weighted by molar-refractivity contribution is 0.0947. The molecule has 0 aliphatic carbocycles. The van der Waals surface area contributed by atoms with Crippen molar-refractivity contribution in [3.8, 4) is 0 Å². The van der Waals surface area contributed by atoms with Crippen molar-refractivity contribution in [1.29, 1.82) is 0 Å². The predicted octanol–water partition coefficient (Wildman–Crippen LogP) is 3.07. The normalized spacial score (nSPS) is 14.2. The molecule has 0 unspecified atom stereocenters. The third kappa shape index (κ3) is 4.14. The first-order chi connectivity index (χ1) is 13.7. The zero-order valence-corrected chi connectivity index (χ0v) is 15.3. The lowest BCUT2D eigenvalue weighted by atomic mass is 10.2. The number of carbonyl (C=O) groups excluding carboxylic acids is 1. The predicted molar refractivity (Wildman–Crippen MR) is 105 cm³/mol. The van der Waals surface area contributed by atoms with Crippen LogP contribution in [-0.4, -0.2) is 37.1 Å². The molecule has 2 aromatic heterocycles. The number of nitrogens with one attached hydrogen (secondary N) is 1. The van der Waals surface area contributed by atoms with Gasteiger partial charge in [0.25, 0.3) is 5.91 Å². The summed E-state index contributed by atoms with van der Waals surface area (Å²) in [5.74, 6) is 1.15. The van der Waals surface area contributed by atoms with Crippen molar-refractivity contribution < 1.29 is 13.6 Å². The zero-order chi connectivity index (χ0) is 19.3. The van der Waals surface area contributed by atoms with Crippen LogP contribution in [0.1, 0.15) is 16.1 Å². The molecule has 0 bridgehead atoms. The average Bonchev–Trinajstić information content (AvgIpc) is 3.27. The van der Waals surface area contributed by atoms with Crippen LogP contribution in [-0.2, 0) is 6.54 Å². The number of furan rings is 1. The van der Waals surface area contributed by atoms with E-state index in [1.54, 1.807) is 36.7 Å². The number of benzene rings is 1. The van der Waals surface area contributed by atoms with Gasteiger partial charge in [0.1, 0.15) is 17.4 Å². The van der Waals surface area contributed by atoms with E-state index in [9.17, 15) is 9.18 Å². The Balaban J connectivity index is 1.31. The Bertz CT molecular complexity index is 903. The molecular formula is C21H21FN4O2. The van der Waals surface area contributed by atoms with Crippen molar-refractivity contribution >= 4 is 17.4 Å². The lowest BCUT2D eigenvalue weighted by Gasteiger charge is -2.36. The van der Waals surface area contributed by atoms with Gasteiger partial charge in [-0.3, -0.25) is 4.79 Å². The van der Waals surface area contributed by atoms with Crippen molar-refractivity contribution in [3.05, 3.63) is 78.1 Å². The van der Waals surface area contributed by atoms with Gasteiger partial charge in [0.2, 0.25) is 0 Å². The van der Waals surface area contributed by atoms with Gasteiger partial charge >= 0.3 is 0 Å². The smallest absolute Gasteiger partial charge is 0.253 e.